The average molecular weight is 510 g/mol. The molecule has 4 heterocycles. The first-order chi connectivity index (χ1) is 17.2. The maximum absolute atomic E-state index is 11.9. The maximum Gasteiger partial charge on any atom is 0.229 e. The molecule has 1 atom stereocenters. The lowest BCUT2D eigenvalue weighted by Gasteiger charge is -2.36. The first-order valence-corrected chi connectivity index (χ1v) is 14.4. The molecule has 36 heavy (non-hydrogen) atoms. The van der Waals surface area contributed by atoms with Gasteiger partial charge in [0.2, 0.25) is 5.95 Å². The van der Waals surface area contributed by atoms with E-state index in [1.165, 1.54) is 11.1 Å². The molecule has 0 radical (unpaired) electrons. The van der Waals surface area contributed by atoms with Crippen LogP contribution in [-0.2, 0) is 9.84 Å². The number of aromatic nitrogens is 4. The van der Waals surface area contributed by atoms with Crippen LogP contribution in [0, 0.1) is 27.7 Å². The summed E-state index contributed by atoms with van der Waals surface area (Å²) in [6, 6.07) is 6.61. The fourth-order valence-electron chi connectivity index (χ4n) is 5.40. The molecule has 9 nitrogen and oxygen atoms in total. The molecule has 3 N–H and O–H groups in total. The number of benzene rings is 1. The highest BCUT2D eigenvalue weighted by Crippen LogP contribution is 2.35. The molecular formula is C26H35N7O2S. The number of rotatable bonds is 6. The second-order valence-corrected chi connectivity index (χ2v) is 12.5. The van der Waals surface area contributed by atoms with Crippen LogP contribution in [0.2, 0.25) is 0 Å². The molecule has 2 aliphatic rings. The van der Waals surface area contributed by atoms with Crippen molar-refractivity contribution in [3.05, 3.63) is 52.3 Å². The van der Waals surface area contributed by atoms with Gasteiger partial charge in [0.25, 0.3) is 0 Å². The van der Waals surface area contributed by atoms with E-state index in [9.17, 15) is 8.42 Å². The van der Waals surface area contributed by atoms with Crippen molar-refractivity contribution < 1.29 is 8.42 Å². The van der Waals surface area contributed by atoms with Crippen LogP contribution >= 0.6 is 0 Å². The summed E-state index contributed by atoms with van der Waals surface area (Å²) in [5.41, 5.74) is 6.70. The van der Waals surface area contributed by atoms with Crippen molar-refractivity contribution in [1.82, 2.24) is 25.1 Å². The smallest absolute Gasteiger partial charge is 0.229 e. The maximum atomic E-state index is 11.9. The zero-order valence-corrected chi connectivity index (χ0v) is 22.2. The van der Waals surface area contributed by atoms with Gasteiger partial charge in [0.15, 0.2) is 15.7 Å². The van der Waals surface area contributed by atoms with Crippen molar-refractivity contribution in [2.45, 2.75) is 58.9 Å². The normalized spacial score (nSPS) is 20.5. The summed E-state index contributed by atoms with van der Waals surface area (Å²) >= 11 is 0. The molecule has 2 saturated heterocycles. The lowest BCUT2D eigenvalue weighted by molar-refractivity contribution is 0.164. The van der Waals surface area contributed by atoms with Gasteiger partial charge < -0.3 is 10.6 Å². The zero-order valence-electron chi connectivity index (χ0n) is 21.4. The molecule has 3 aromatic rings. The molecule has 1 aromatic carbocycles. The standard InChI is InChI=1S/C26H35N7O2S/c1-16-12-23(28-26-27-14-18(3)25(30-26)29-24-13-19(4)31-32-24)17(2)11-22(16)20-5-8-33(9-6-20)21-7-10-36(34,35)15-21/h11-14,20-21H,5-10,15H2,1-4H3,(H3,27,28,29,30,31,32). The van der Waals surface area contributed by atoms with Gasteiger partial charge in [-0.25, -0.2) is 13.4 Å². The first-order valence-electron chi connectivity index (χ1n) is 12.6. The number of likely N-dealkylation sites (tertiary alicyclic amines) is 1. The molecule has 2 aromatic heterocycles. The van der Waals surface area contributed by atoms with E-state index in [-0.39, 0.29) is 6.04 Å². The summed E-state index contributed by atoms with van der Waals surface area (Å²) in [4.78, 5) is 11.6. The van der Waals surface area contributed by atoms with Gasteiger partial charge in [-0.2, -0.15) is 10.1 Å². The van der Waals surface area contributed by atoms with Crippen LogP contribution in [0.25, 0.3) is 0 Å². The Morgan fingerprint density at radius 2 is 1.75 bits per heavy atom. The highest BCUT2D eigenvalue weighted by Gasteiger charge is 2.34. The second kappa shape index (κ2) is 9.82. The van der Waals surface area contributed by atoms with Crippen LogP contribution in [0.15, 0.2) is 24.4 Å². The number of aryl methyl sites for hydroxylation is 4. The predicted molar refractivity (Wildman–Crippen MR) is 143 cm³/mol. The summed E-state index contributed by atoms with van der Waals surface area (Å²) < 4.78 is 23.8. The Hall–Kier alpha value is -2.98. The van der Waals surface area contributed by atoms with Crippen LogP contribution in [-0.4, -0.2) is 64.1 Å². The largest absolute Gasteiger partial charge is 0.324 e. The van der Waals surface area contributed by atoms with E-state index in [1.807, 2.05) is 19.9 Å². The predicted octanol–water partition coefficient (Wildman–Crippen LogP) is 4.29. The molecule has 10 heteroatoms. The van der Waals surface area contributed by atoms with Crippen molar-refractivity contribution in [2.24, 2.45) is 0 Å². The third kappa shape index (κ3) is 5.39. The lowest BCUT2D eigenvalue weighted by atomic mass is 9.85. The highest BCUT2D eigenvalue weighted by molar-refractivity contribution is 7.91. The number of hydrogen-bond donors (Lipinski definition) is 3. The molecule has 0 spiro atoms. The molecule has 0 aliphatic carbocycles. The number of piperidine rings is 1. The van der Waals surface area contributed by atoms with Crippen molar-refractivity contribution in [2.75, 3.05) is 35.2 Å². The summed E-state index contributed by atoms with van der Waals surface area (Å²) in [5.74, 6) is 3.13. The van der Waals surface area contributed by atoms with Gasteiger partial charge >= 0.3 is 0 Å². The van der Waals surface area contributed by atoms with E-state index in [2.05, 4.69) is 61.7 Å². The van der Waals surface area contributed by atoms with Crippen LogP contribution in [0.1, 0.15) is 53.1 Å². The summed E-state index contributed by atoms with van der Waals surface area (Å²) in [5, 5.41) is 13.8. The summed E-state index contributed by atoms with van der Waals surface area (Å²) in [6.45, 7) is 10.1. The molecule has 2 aliphatic heterocycles. The number of nitrogens with one attached hydrogen (secondary N) is 3. The van der Waals surface area contributed by atoms with Gasteiger partial charge in [0.05, 0.1) is 11.5 Å². The van der Waals surface area contributed by atoms with Gasteiger partial charge in [0, 0.05) is 35.2 Å². The fraction of sp³-hybridized carbons (Fsp3) is 0.500. The monoisotopic (exact) mass is 509 g/mol. The number of anilines is 4. The second-order valence-electron chi connectivity index (χ2n) is 10.3. The molecule has 192 valence electrons. The van der Waals surface area contributed by atoms with Crippen molar-refractivity contribution in [3.63, 3.8) is 0 Å². The third-order valence-electron chi connectivity index (χ3n) is 7.48. The zero-order chi connectivity index (χ0) is 25.4. The van der Waals surface area contributed by atoms with Gasteiger partial charge in [0.1, 0.15) is 5.82 Å². The Labute approximate surface area is 213 Å². The lowest BCUT2D eigenvalue weighted by Crippen LogP contribution is -2.41. The van der Waals surface area contributed by atoms with E-state index in [0.29, 0.717) is 29.2 Å². The molecule has 0 saturated carbocycles. The van der Waals surface area contributed by atoms with Crippen LogP contribution in [0.5, 0.6) is 0 Å². The Kier molecular flexibility index (Phi) is 6.74. The molecule has 0 amide bonds. The molecule has 5 rings (SSSR count). The van der Waals surface area contributed by atoms with Gasteiger partial charge in [-0.3, -0.25) is 10.00 Å². The number of sulfone groups is 1. The summed E-state index contributed by atoms with van der Waals surface area (Å²) in [6.07, 6.45) is 4.71. The Balaban J connectivity index is 1.26. The van der Waals surface area contributed by atoms with E-state index in [0.717, 1.165) is 60.7 Å². The third-order valence-corrected chi connectivity index (χ3v) is 9.23. The Bertz CT molecular complexity index is 1360. The minimum atomic E-state index is -2.84. The van der Waals surface area contributed by atoms with Gasteiger partial charge in [-0.15, -0.1) is 0 Å². The van der Waals surface area contributed by atoms with E-state index in [1.54, 1.807) is 6.20 Å². The molecular weight excluding hydrogens is 474 g/mol. The Morgan fingerprint density at radius 1 is 0.972 bits per heavy atom. The highest BCUT2D eigenvalue weighted by atomic mass is 32.2. The SMILES string of the molecule is Cc1cc(Nc2nc(Nc3cc(C)c(C4CCN(C5CCS(=O)(=O)C5)CC4)cc3C)ncc2C)n[nH]1. The number of nitrogens with zero attached hydrogens (tertiary/aromatic N) is 4. The number of hydrogen-bond acceptors (Lipinski definition) is 8. The molecule has 0 bridgehead atoms. The first kappa shape index (κ1) is 24.7. The van der Waals surface area contributed by atoms with Crippen LogP contribution < -0.4 is 10.6 Å². The van der Waals surface area contributed by atoms with Crippen molar-refractivity contribution in [3.8, 4) is 0 Å². The molecule has 1 unspecified atom stereocenters. The minimum absolute atomic E-state index is 0.205. The fourth-order valence-corrected chi connectivity index (χ4v) is 7.17. The number of H-pyrrole nitrogens is 1. The minimum Gasteiger partial charge on any atom is -0.324 e. The average Bonchev–Trinajstić information content (AvgIpc) is 3.42. The van der Waals surface area contributed by atoms with Crippen LogP contribution in [0.3, 0.4) is 0 Å². The van der Waals surface area contributed by atoms with Crippen molar-refractivity contribution >= 4 is 33.1 Å². The van der Waals surface area contributed by atoms with Crippen LogP contribution in [0.4, 0.5) is 23.3 Å². The van der Waals surface area contributed by atoms with E-state index in [4.69, 9.17) is 0 Å². The van der Waals surface area contributed by atoms with Gasteiger partial charge in [-0.1, -0.05) is 6.07 Å². The van der Waals surface area contributed by atoms with Crippen molar-refractivity contribution in [1.29, 1.82) is 0 Å². The topological polar surface area (TPSA) is 116 Å². The van der Waals surface area contributed by atoms with Gasteiger partial charge in [-0.05, 0) is 88.7 Å². The summed E-state index contributed by atoms with van der Waals surface area (Å²) in [7, 11) is -2.84. The van der Waals surface area contributed by atoms with E-state index >= 15 is 0 Å². The Morgan fingerprint density at radius 3 is 2.42 bits per heavy atom. The molecule has 2 fully saturated rings. The number of aromatic amines is 1. The van der Waals surface area contributed by atoms with E-state index < -0.39 is 9.84 Å². The quantitative estimate of drug-likeness (QED) is 0.451.